The van der Waals surface area contributed by atoms with Gasteiger partial charge in [0.15, 0.2) is 17.8 Å². The summed E-state index contributed by atoms with van der Waals surface area (Å²) in [6, 6.07) is 29.0. The smallest absolute Gasteiger partial charge is 0.315 e. The van der Waals surface area contributed by atoms with Crippen molar-refractivity contribution in [3.05, 3.63) is 118 Å². The third-order valence-electron chi connectivity index (χ3n) is 13.2. The van der Waals surface area contributed by atoms with Crippen LogP contribution in [0, 0.1) is 17.8 Å². The summed E-state index contributed by atoms with van der Waals surface area (Å²) in [7, 11) is 3.36. The molecule has 2 heterocycles. The molecule has 0 spiro atoms. The minimum absolute atomic E-state index is 0.00777. The van der Waals surface area contributed by atoms with Gasteiger partial charge in [-0.15, -0.1) is 0 Å². The minimum Gasteiger partial charge on any atom is -0.493 e. The molecule has 56 heavy (non-hydrogen) atoms. The molecule has 9 heteroatoms. The molecule has 4 bridgehead atoms. The lowest BCUT2D eigenvalue weighted by Crippen LogP contribution is -2.61. The number of benzene rings is 4. The van der Waals surface area contributed by atoms with Gasteiger partial charge in [0.25, 0.3) is 0 Å². The number of fused-ring (bicyclic) bond motifs is 1. The lowest BCUT2D eigenvalue weighted by atomic mass is 9.53. The number of ether oxygens (including phenoxy) is 4. The van der Waals surface area contributed by atoms with Gasteiger partial charge in [0, 0.05) is 43.7 Å². The van der Waals surface area contributed by atoms with E-state index >= 15 is 0 Å². The molecule has 6 aliphatic rings. The standard InChI is InChI=1S/C47H55N3O6/c1-53-43-20-37-15-16-50(27-39(37)21-44(43)54-2)28-40-22-42(35-9-7-30(29-51)8-10-35)56-45(55-40)36-13-11-34(12-14-36)41-6-4-3-5-38(41)26-48-46(52)49-47-23-31-17-32(24-47)19-33(18-31)25-47/h3-14,20-21,31-33,40,42,45,51H,15-19,22-29H2,1-2H3,(H2,48,49,52)/t31?,32?,33?,40-,42+,45+,47?/m0/s1. The molecular weight excluding hydrogens is 703 g/mol. The van der Waals surface area contributed by atoms with Crippen molar-refractivity contribution < 1.29 is 28.8 Å². The monoisotopic (exact) mass is 757 g/mol. The Morgan fingerprint density at radius 3 is 2.16 bits per heavy atom. The Morgan fingerprint density at radius 1 is 0.821 bits per heavy atom. The van der Waals surface area contributed by atoms with E-state index in [9.17, 15) is 9.90 Å². The molecule has 10 rings (SSSR count). The van der Waals surface area contributed by atoms with Crippen LogP contribution in [0.25, 0.3) is 11.1 Å². The number of nitrogens with zero attached hydrogens (tertiary/aromatic N) is 1. The molecule has 0 radical (unpaired) electrons. The lowest BCUT2D eigenvalue weighted by Gasteiger charge is -2.56. The summed E-state index contributed by atoms with van der Waals surface area (Å²) < 4.78 is 24.7. The summed E-state index contributed by atoms with van der Waals surface area (Å²) in [4.78, 5) is 15.8. The van der Waals surface area contributed by atoms with Crippen molar-refractivity contribution in [2.45, 2.75) is 95.1 Å². The second-order valence-electron chi connectivity index (χ2n) is 17.1. The fourth-order valence-corrected chi connectivity index (χ4v) is 10.9. The highest BCUT2D eigenvalue weighted by molar-refractivity contribution is 5.76. The molecule has 4 saturated carbocycles. The SMILES string of the molecule is COc1cc2c(cc1OC)CN(C[C@@H]1C[C@H](c3ccc(CO)cc3)O[C@H](c3ccc(-c4ccccc4CNC(=O)NC45CC6CC(CC(C6)C4)C5)cc3)O1)CC2. The summed E-state index contributed by atoms with van der Waals surface area (Å²) in [5, 5.41) is 16.3. The number of amides is 2. The predicted molar refractivity (Wildman–Crippen MR) is 215 cm³/mol. The fourth-order valence-electron chi connectivity index (χ4n) is 10.9. The van der Waals surface area contributed by atoms with Crippen LogP contribution < -0.4 is 20.1 Å². The van der Waals surface area contributed by atoms with Crippen LogP contribution in [0.3, 0.4) is 0 Å². The zero-order valence-electron chi connectivity index (χ0n) is 32.7. The molecule has 2 amide bonds. The number of hydrogen-bond acceptors (Lipinski definition) is 7. The first-order valence-electron chi connectivity index (χ1n) is 20.6. The summed E-state index contributed by atoms with van der Waals surface area (Å²) in [6.45, 7) is 2.98. The average Bonchev–Trinajstić information content (AvgIpc) is 3.22. The zero-order chi connectivity index (χ0) is 38.2. The summed E-state index contributed by atoms with van der Waals surface area (Å²) in [5.74, 6) is 3.88. The molecule has 4 aliphatic carbocycles. The molecular formula is C47H55N3O6. The van der Waals surface area contributed by atoms with Crippen LogP contribution in [0.2, 0.25) is 0 Å². The minimum atomic E-state index is -0.544. The van der Waals surface area contributed by atoms with Crippen molar-refractivity contribution in [2.75, 3.05) is 27.3 Å². The number of aliphatic hydroxyl groups is 1. The van der Waals surface area contributed by atoms with E-state index in [0.29, 0.717) is 6.54 Å². The molecule has 3 atom stereocenters. The Labute approximate surface area is 330 Å². The van der Waals surface area contributed by atoms with Crippen LogP contribution in [0.4, 0.5) is 4.79 Å². The van der Waals surface area contributed by atoms with Crippen molar-refractivity contribution in [1.29, 1.82) is 0 Å². The van der Waals surface area contributed by atoms with E-state index < -0.39 is 6.29 Å². The number of aliphatic hydroxyl groups excluding tert-OH is 1. The van der Waals surface area contributed by atoms with E-state index in [2.05, 4.69) is 82.3 Å². The van der Waals surface area contributed by atoms with Gasteiger partial charge in [-0.25, -0.2) is 4.79 Å². The fraction of sp³-hybridized carbons (Fsp3) is 0.468. The van der Waals surface area contributed by atoms with Crippen LogP contribution in [0.1, 0.15) is 90.7 Å². The Kier molecular flexibility index (Phi) is 10.5. The number of nitrogens with one attached hydrogen (secondary N) is 2. The zero-order valence-corrected chi connectivity index (χ0v) is 32.7. The van der Waals surface area contributed by atoms with Crippen LogP contribution in [0.5, 0.6) is 11.5 Å². The maximum atomic E-state index is 13.3. The van der Waals surface area contributed by atoms with Gasteiger partial charge in [-0.05, 0) is 114 Å². The number of carbonyl (C=O) groups is 1. The third kappa shape index (κ3) is 7.79. The first kappa shape index (κ1) is 37.2. The third-order valence-corrected chi connectivity index (χ3v) is 13.2. The molecule has 1 saturated heterocycles. The molecule has 2 aliphatic heterocycles. The van der Waals surface area contributed by atoms with Crippen LogP contribution in [-0.2, 0) is 35.6 Å². The van der Waals surface area contributed by atoms with Crippen molar-refractivity contribution in [3.8, 4) is 22.6 Å². The predicted octanol–water partition coefficient (Wildman–Crippen LogP) is 8.23. The average molecular weight is 758 g/mol. The molecule has 3 N–H and O–H groups in total. The van der Waals surface area contributed by atoms with E-state index in [-0.39, 0.29) is 30.4 Å². The van der Waals surface area contributed by atoms with Gasteiger partial charge >= 0.3 is 6.03 Å². The quantitative estimate of drug-likeness (QED) is 0.142. The van der Waals surface area contributed by atoms with E-state index in [0.717, 1.165) is 114 Å². The number of urea groups is 1. The normalized spacial score (nSPS) is 28.1. The van der Waals surface area contributed by atoms with Gasteiger partial charge in [-0.2, -0.15) is 0 Å². The molecule has 5 fully saturated rings. The second-order valence-corrected chi connectivity index (χ2v) is 17.1. The van der Waals surface area contributed by atoms with Crippen molar-refractivity contribution in [2.24, 2.45) is 17.8 Å². The summed E-state index contributed by atoms with van der Waals surface area (Å²) >= 11 is 0. The Hall–Kier alpha value is -4.41. The number of methoxy groups -OCH3 is 2. The lowest BCUT2D eigenvalue weighted by molar-refractivity contribution is -0.253. The van der Waals surface area contributed by atoms with Gasteiger partial charge in [-0.1, -0.05) is 72.8 Å². The molecule has 4 aromatic rings. The van der Waals surface area contributed by atoms with E-state index in [1.54, 1.807) is 14.2 Å². The highest BCUT2D eigenvalue weighted by Crippen LogP contribution is 2.55. The van der Waals surface area contributed by atoms with Crippen LogP contribution in [-0.4, -0.2) is 55.0 Å². The summed E-state index contributed by atoms with van der Waals surface area (Å²) in [5.41, 5.74) is 8.70. The Morgan fingerprint density at radius 2 is 1.48 bits per heavy atom. The van der Waals surface area contributed by atoms with Crippen molar-refractivity contribution in [3.63, 3.8) is 0 Å². The van der Waals surface area contributed by atoms with Crippen LogP contribution in [0.15, 0.2) is 84.9 Å². The van der Waals surface area contributed by atoms with Gasteiger partial charge < -0.3 is 34.7 Å². The maximum Gasteiger partial charge on any atom is 0.315 e. The highest BCUT2D eigenvalue weighted by atomic mass is 16.7. The van der Waals surface area contributed by atoms with Crippen molar-refractivity contribution in [1.82, 2.24) is 15.5 Å². The highest BCUT2D eigenvalue weighted by Gasteiger charge is 2.51. The van der Waals surface area contributed by atoms with Crippen molar-refractivity contribution >= 4 is 6.03 Å². The Bertz CT molecular complexity index is 1980. The molecule has 9 nitrogen and oxygen atoms in total. The van der Waals surface area contributed by atoms with Gasteiger partial charge in [-0.3, -0.25) is 4.90 Å². The summed E-state index contributed by atoms with van der Waals surface area (Å²) in [6.07, 6.45) is 8.37. The molecule has 0 unspecified atom stereocenters. The van der Waals surface area contributed by atoms with Gasteiger partial charge in [0.2, 0.25) is 0 Å². The van der Waals surface area contributed by atoms with E-state index in [4.69, 9.17) is 18.9 Å². The van der Waals surface area contributed by atoms with Gasteiger partial charge in [0.05, 0.1) is 33.0 Å². The number of hydrogen-bond donors (Lipinski definition) is 3. The van der Waals surface area contributed by atoms with E-state index in [1.807, 2.05) is 18.2 Å². The first-order valence-corrected chi connectivity index (χ1v) is 20.6. The number of carbonyl (C=O) groups excluding carboxylic acids is 1. The Balaban J connectivity index is 0.889. The van der Waals surface area contributed by atoms with Crippen LogP contribution >= 0.6 is 0 Å². The second kappa shape index (κ2) is 15.9. The van der Waals surface area contributed by atoms with Gasteiger partial charge in [0.1, 0.15) is 0 Å². The number of rotatable bonds is 11. The maximum absolute atomic E-state index is 13.3. The molecule has 0 aromatic heterocycles. The topological polar surface area (TPSA) is 102 Å². The molecule has 4 aromatic carbocycles. The first-order chi connectivity index (χ1) is 27.4. The van der Waals surface area contributed by atoms with E-state index in [1.165, 1.54) is 30.4 Å². The molecule has 294 valence electrons. The largest absolute Gasteiger partial charge is 0.493 e.